The molecule has 0 saturated carbocycles. The van der Waals surface area contributed by atoms with Gasteiger partial charge in [0.1, 0.15) is 24.9 Å². The summed E-state index contributed by atoms with van der Waals surface area (Å²) < 4.78 is 39.7. The van der Waals surface area contributed by atoms with Crippen LogP contribution in [0.15, 0.2) is 59.5 Å². The van der Waals surface area contributed by atoms with E-state index in [-0.39, 0.29) is 36.1 Å². The number of ether oxygens (including phenoxy) is 2. The lowest BCUT2D eigenvalue weighted by molar-refractivity contribution is 0.0659. The molecule has 0 unspecified atom stereocenters. The molecule has 4 rings (SSSR count). The van der Waals surface area contributed by atoms with Gasteiger partial charge in [-0.1, -0.05) is 36.4 Å². The zero-order chi connectivity index (χ0) is 24.8. The topological polar surface area (TPSA) is 72.8 Å². The van der Waals surface area contributed by atoms with Crippen molar-refractivity contribution in [3.05, 3.63) is 99.0 Å². The summed E-state index contributed by atoms with van der Waals surface area (Å²) in [4.78, 5) is 28.1. The molecule has 1 aromatic heterocycles. The molecule has 3 aromatic rings. The van der Waals surface area contributed by atoms with Gasteiger partial charge in [-0.15, -0.1) is 0 Å². The molecule has 0 aliphatic carbocycles. The third-order valence-electron chi connectivity index (χ3n) is 5.86. The van der Waals surface area contributed by atoms with Crippen LogP contribution in [0.25, 0.3) is 0 Å². The van der Waals surface area contributed by atoms with Crippen molar-refractivity contribution in [3.63, 3.8) is 0 Å². The van der Waals surface area contributed by atoms with Crippen molar-refractivity contribution in [3.8, 4) is 5.75 Å². The lowest BCUT2D eigenvalue weighted by atomic mass is 10.0. The fourth-order valence-corrected chi connectivity index (χ4v) is 3.97. The van der Waals surface area contributed by atoms with E-state index in [9.17, 15) is 18.4 Å². The first kappa shape index (κ1) is 24.4. The number of fused-ring (bicyclic) bond motifs is 1. The molecule has 0 atom stereocenters. The van der Waals surface area contributed by atoms with Crippen molar-refractivity contribution in [2.45, 2.75) is 25.9 Å². The van der Waals surface area contributed by atoms with Crippen molar-refractivity contribution in [2.24, 2.45) is 0 Å². The first-order valence-corrected chi connectivity index (χ1v) is 11.4. The molecule has 0 fully saturated rings. The number of halogens is 2. The molecule has 35 heavy (non-hydrogen) atoms. The predicted molar refractivity (Wildman–Crippen MR) is 127 cm³/mol. The van der Waals surface area contributed by atoms with Crippen LogP contribution in [0.5, 0.6) is 5.75 Å². The first-order chi connectivity index (χ1) is 17.0. The number of carbonyl (C=O) groups is 1. The molecule has 7 nitrogen and oxygen atoms in total. The van der Waals surface area contributed by atoms with E-state index < -0.39 is 11.6 Å². The molecule has 2 aromatic carbocycles. The smallest absolute Gasteiger partial charge is 0.277 e. The second kappa shape index (κ2) is 11.1. The Labute approximate surface area is 201 Å². The number of hydrogen-bond donors (Lipinski definition) is 1. The predicted octanol–water partition coefficient (Wildman–Crippen LogP) is 3.48. The maximum Gasteiger partial charge on any atom is 0.277 e. The lowest BCUT2D eigenvalue weighted by Crippen LogP contribution is -2.48. The van der Waals surface area contributed by atoms with Gasteiger partial charge in [-0.05, 0) is 36.5 Å². The number of amides is 1. The minimum atomic E-state index is -0.630. The van der Waals surface area contributed by atoms with Gasteiger partial charge in [0.15, 0.2) is 11.4 Å². The van der Waals surface area contributed by atoms with Crippen molar-refractivity contribution in [1.82, 2.24) is 9.58 Å². The summed E-state index contributed by atoms with van der Waals surface area (Å²) in [6, 6.07) is 12.8. The highest BCUT2D eigenvalue weighted by Gasteiger charge is 2.30. The molecular formula is C26H27F2N3O4. The fourth-order valence-electron chi connectivity index (χ4n) is 3.97. The number of hydrogen-bond acceptors (Lipinski definition) is 5. The maximum atomic E-state index is 14.0. The summed E-state index contributed by atoms with van der Waals surface area (Å²) in [5, 5.41) is 0. The van der Waals surface area contributed by atoms with Crippen LogP contribution in [0, 0.1) is 11.6 Å². The Hall–Kier alpha value is -3.72. The summed E-state index contributed by atoms with van der Waals surface area (Å²) in [5.41, 5.74) is 4.55. The van der Waals surface area contributed by atoms with E-state index >= 15 is 0 Å². The zero-order valence-corrected chi connectivity index (χ0v) is 19.4. The number of rotatable bonds is 10. The van der Waals surface area contributed by atoms with Gasteiger partial charge in [-0.3, -0.25) is 14.3 Å². The highest BCUT2D eigenvalue weighted by Crippen LogP contribution is 2.22. The van der Waals surface area contributed by atoms with Crippen LogP contribution in [0.3, 0.4) is 0 Å². The van der Waals surface area contributed by atoms with Gasteiger partial charge in [0.2, 0.25) is 5.43 Å². The van der Waals surface area contributed by atoms with Gasteiger partial charge in [0.05, 0.1) is 6.61 Å². The standard InChI is InChI=1S/C26H27F2N3O4/c1-34-13-12-30-17-29-31-15-20(9-5-8-19-10-11-21(27)14-22(19)28)24(32)25(23(31)26(30)33)35-16-18-6-3-2-4-7-18/h2-4,6-7,10-11,14-15,29H,5,8-9,12-13,16-17H2,1H3. The van der Waals surface area contributed by atoms with Gasteiger partial charge < -0.3 is 19.8 Å². The number of aromatic nitrogens is 1. The van der Waals surface area contributed by atoms with Gasteiger partial charge in [-0.2, -0.15) is 0 Å². The van der Waals surface area contributed by atoms with Crippen LogP contribution in [-0.2, 0) is 24.2 Å². The lowest BCUT2D eigenvalue weighted by Gasteiger charge is -2.32. The normalized spacial score (nSPS) is 12.9. The van der Waals surface area contributed by atoms with Crippen molar-refractivity contribution < 1.29 is 23.0 Å². The molecular weight excluding hydrogens is 456 g/mol. The van der Waals surface area contributed by atoms with E-state index in [1.807, 2.05) is 30.3 Å². The van der Waals surface area contributed by atoms with E-state index in [0.717, 1.165) is 11.6 Å². The Balaban J connectivity index is 1.60. The summed E-state index contributed by atoms with van der Waals surface area (Å²) in [5.74, 6) is -1.60. The minimum absolute atomic E-state index is 0.0288. The van der Waals surface area contributed by atoms with Gasteiger partial charge in [0, 0.05) is 31.5 Å². The Morgan fingerprint density at radius 2 is 1.80 bits per heavy atom. The maximum absolute atomic E-state index is 14.0. The van der Waals surface area contributed by atoms with E-state index in [2.05, 4.69) is 5.43 Å². The largest absolute Gasteiger partial charge is 0.482 e. The molecule has 0 spiro atoms. The second-order valence-corrected chi connectivity index (χ2v) is 8.27. The molecule has 2 heterocycles. The monoisotopic (exact) mass is 483 g/mol. The molecule has 0 radical (unpaired) electrons. The molecule has 0 saturated heterocycles. The minimum Gasteiger partial charge on any atom is -0.482 e. The van der Waals surface area contributed by atoms with Crippen LogP contribution in [0.1, 0.15) is 33.6 Å². The van der Waals surface area contributed by atoms with Gasteiger partial charge in [-0.25, -0.2) is 8.78 Å². The highest BCUT2D eigenvalue weighted by atomic mass is 19.1. The van der Waals surface area contributed by atoms with Crippen LogP contribution in [0.4, 0.5) is 8.78 Å². The van der Waals surface area contributed by atoms with Crippen molar-refractivity contribution >= 4 is 5.91 Å². The average Bonchev–Trinajstić information content (AvgIpc) is 2.85. The van der Waals surface area contributed by atoms with Crippen LogP contribution >= 0.6 is 0 Å². The molecule has 1 aliphatic heterocycles. The van der Waals surface area contributed by atoms with Gasteiger partial charge in [0.25, 0.3) is 5.91 Å². The summed E-state index contributed by atoms with van der Waals surface area (Å²) in [6.45, 7) is 1.09. The van der Waals surface area contributed by atoms with Crippen molar-refractivity contribution in [1.29, 1.82) is 0 Å². The zero-order valence-electron chi connectivity index (χ0n) is 19.4. The molecule has 0 bridgehead atoms. The van der Waals surface area contributed by atoms with E-state index in [1.54, 1.807) is 18.2 Å². The Bertz CT molecular complexity index is 1250. The van der Waals surface area contributed by atoms with Crippen LogP contribution in [-0.4, -0.2) is 42.4 Å². The number of carbonyl (C=O) groups excluding carboxylic acids is 1. The Morgan fingerprint density at radius 3 is 2.54 bits per heavy atom. The van der Waals surface area contributed by atoms with Crippen LogP contribution < -0.4 is 15.6 Å². The fraction of sp³-hybridized carbons (Fsp3) is 0.308. The third kappa shape index (κ3) is 5.68. The summed E-state index contributed by atoms with van der Waals surface area (Å²) in [7, 11) is 1.55. The van der Waals surface area contributed by atoms with E-state index in [0.29, 0.717) is 43.5 Å². The molecule has 184 valence electrons. The second-order valence-electron chi connectivity index (χ2n) is 8.27. The summed E-state index contributed by atoms with van der Waals surface area (Å²) >= 11 is 0. The van der Waals surface area contributed by atoms with E-state index in [1.165, 1.54) is 16.8 Å². The average molecular weight is 484 g/mol. The summed E-state index contributed by atoms with van der Waals surface area (Å²) in [6.07, 6.45) is 2.73. The number of nitrogens with zero attached hydrogens (tertiary/aromatic N) is 2. The Kier molecular flexibility index (Phi) is 7.77. The van der Waals surface area contributed by atoms with Crippen molar-refractivity contribution in [2.75, 3.05) is 32.4 Å². The first-order valence-electron chi connectivity index (χ1n) is 11.4. The quantitative estimate of drug-likeness (QED) is 0.478. The molecule has 9 heteroatoms. The number of benzene rings is 2. The van der Waals surface area contributed by atoms with E-state index in [4.69, 9.17) is 9.47 Å². The highest BCUT2D eigenvalue weighted by molar-refractivity contribution is 5.96. The number of aryl methyl sites for hydroxylation is 2. The molecule has 1 amide bonds. The van der Waals surface area contributed by atoms with Gasteiger partial charge >= 0.3 is 0 Å². The number of methoxy groups -OCH3 is 1. The number of nitrogens with one attached hydrogen (secondary N) is 1. The SMILES string of the molecule is COCCN1CNn2cc(CCCc3ccc(F)cc3F)c(=O)c(OCc3ccccc3)c2C1=O. The Morgan fingerprint density at radius 1 is 1.03 bits per heavy atom. The number of pyridine rings is 1. The van der Waals surface area contributed by atoms with Crippen LogP contribution in [0.2, 0.25) is 0 Å². The molecule has 1 aliphatic rings. The molecule has 1 N–H and O–H groups in total. The third-order valence-corrected chi connectivity index (χ3v) is 5.86.